The third kappa shape index (κ3) is 3.96. The topological polar surface area (TPSA) is 84.4 Å². The fourth-order valence-corrected chi connectivity index (χ4v) is 3.59. The lowest BCUT2D eigenvalue weighted by Gasteiger charge is -2.31. The number of carbonyl (C=O) groups is 2. The van der Waals surface area contributed by atoms with Crippen LogP contribution in [0.25, 0.3) is 0 Å². The summed E-state index contributed by atoms with van der Waals surface area (Å²) in [5.41, 5.74) is 1.45. The molecule has 1 aliphatic rings. The number of amides is 1. The fourth-order valence-electron chi connectivity index (χ4n) is 2.82. The number of hydrogen-bond acceptors (Lipinski definition) is 7. The van der Waals surface area contributed by atoms with Crippen LogP contribution in [0.1, 0.15) is 28.2 Å². The van der Waals surface area contributed by atoms with Gasteiger partial charge in [-0.05, 0) is 37.3 Å². The first kappa shape index (κ1) is 17.3. The molecular weight excluding hydrogens is 340 g/mol. The lowest BCUT2D eigenvalue weighted by molar-refractivity contribution is -0.120. The standard InChI is InChI=1S/C17H20N4O3S/c1-11-3-7-18-17(19-11)21-8-4-12(5-9-21)15(22)20-13-6-10-25-14(13)16(23)24-2/h3,6-7,10,12H,4-5,8-9H2,1-2H3,(H,20,22). The van der Waals surface area contributed by atoms with Crippen molar-refractivity contribution in [3.8, 4) is 0 Å². The summed E-state index contributed by atoms with van der Waals surface area (Å²) in [6, 6.07) is 3.59. The van der Waals surface area contributed by atoms with Gasteiger partial charge in [-0.1, -0.05) is 0 Å². The maximum atomic E-state index is 12.5. The van der Waals surface area contributed by atoms with Gasteiger partial charge in [0.25, 0.3) is 0 Å². The Morgan fingerprint density at radius 2 is 2.08 bits per heavy atom. The van der Waals surface area contributed by atoms with Gasteiger partial charge < -0.3 is 15.0 Å². The summed E-state index contributed by atoms with van der Waals surface area (Å²) in [6.45, 7) is 3.40. The van der Waals surface area contributed by atoms with E-state index in [0.717, 1.165) is 31.6 Å². The number of piperidine rings is 1. The Hall–Kier alpha value is -2.48. The predicted molar refractivity (Wildman–Crippen MR) is 96.0 cm³/mol. The number of nitrogens with zero attached hydrogens (tertiary/aromatic N) is 3. The van der Waals surface area contributed by atoms with Crippen molar-refractivity contribution in [1.82, 2.24) is 9.97 Å². The van der Waals surface area contributed by atoms with Crippen molar-refractivity contribution in [2.75, 3.05) is 30.4 Å². The molecular formula is C17H20N4O3S. The van der Waals surface area contributed by atoms with E-state index in [4.69, 9.17) is 4.74 Å². The number of aromatic nitrogens is 2. The molecule has 0 aromatic carbocycles. The van der Waals surface area contributed by atoms with Crippen molar-refractivity contribution in [3.63, 3.8) is 0 Å². The van der Waals surface area contributed by atoms with Crippen LogP contribution >= 0.6 is 11.3 Å². The van der Waals surface area contributed by atoms with Gasteiger partial charge in [-0.2, -0.15) is 0 Å². The molecule has 25 heavy (non-hydrogen) atoms. The quantitative estimate of drug-likeness (QED) is 0.843. The second-order valence-corrected chi connectivity index (χ2v) is 6.82. The molecule has 1 fully saturated rings. The molecule has 1 saturated heterocycles. The Balaban J connectivity index is 1.59. The third-order valence-electron chi connectivity index (χ3n) is 4.22. The van der Waals surface area contributed by atoms with Gasteiger partial charge in [-0.15, -0.1) is 11.3 Å². The van der Waals surface area contributed by atoms with Gasteiger partial charge in [0, 0.05) is 30.9 Å². The first-order chi connectivity index (χ1) is 12.1. The Bertz CT molecular complexity index is 769. The molecule has 1 N–H and O–H groups in total. The molecule has 8 heteroatoms. The fraction of sp³-hybridized carbons (Fsp3) is 0.412. The Labute approximate surface area is 150 Å². The van der Waals surface area contributed by atoms with E-state index in [9.17, 15) is 9.59 Å². The number of carbonyl (C=O) groups excluding carboxylic acids is 2. The summed E-state index contributed by atoms with van der Waals surface area (Å²) < 4.78 is 4.73. The maximum absolute atomic E-state index is 12.5. The Morgan fingerprint density at radius 1 is 1.32 bits per heavy atom. The minimum Gasteiger partial charge on any atom is -0.465 e. The molecule has 7 nitrogen and oxygen atoms in total. The summed E-state index contributed by atoms with van der Waals surface area (Å²) in [4.78, 5) is 35.5. The van der Waals surface area contributed by atoms with Crippen molar-refractivity contribution < 1.29 is 14.3 Å². The van der Waals surface area contributed by atoms with Gasteiger partial charge >= 0.3 is 5.97 Å². The summed E-state index contributed by atoms with van der Waals surface area (Å²) in [5.74, 6) is 0.126. The number of aryl methyl sites for hydroxylation is 1. The molecule has 0 saturated carbocycles. The van der Waals surface area contributed by atoms with Crippen LogP contribution < -0.4 is 10.2 Å². The summed E-state index contributed by atoms with van der Waals surface area (Å²) in [6.07, 6.45) is 3.20. The lowest BCUT2D eigenvalue weighted by Crippen LogP contribution is -2.39. The number of rotatable bonds is 4. The van der Waals surface area contributed by atoms with Crippen LogP contribution in [0.3, 0.4) is 0 Å². The van der Waals surface area contributed by atoms with Crippen LogP contribution in [-0.4, -0.2) is 42.0 Å². The van der Waals surface area contributed by atoms with Gasteiger partial charge in [0.2, 0.25) is 11.9 Å². The number of hydrogen-bond donors (Lipinski definition) is 1. The molecule has 2 aromatic heterocycles. The first-order valence-corrected chi connectivity index (χ1v) is 8.97. The molecule has 1 aliphatic heterocycles. The molecule has 0 spiro atoms. The van der Waals surface area contributed by atoms with E-state index >= 15 is 0 Å². The molecule has 0 unspecified atom stereocenters. The number of thiophene rings is 1. The average molecular weight is 360 g/mol. The van der Waals surface area contributed by atoms with Crippen molar-refractivity contribution in [1.29, 1.82) is 0 Å². The zero-order valence-electron chi connectivity index (χ0n) is 14.2. The number of nitrogens with one attached hydrogen (secondary N) is 1. The van der Waals surface area contributed by atoms with Crippen molar-refractivity contribution >= 4 is 34.8 Å². The van der Waals surface area contributed by atoms with Crippen LogP contribution in [0.5, 0.6) is 0 Å². The van der Waals surface area contributed by atoms with E-state index in [-0.39, 0.29) is 11.8 Å². The third-order valence-corrected chi connectivity index (χ3v) is 5.12. The van der Waals surface area contributed by atoms with Crippen LogP contribution in [0.2, 0.25) is 0 Å². The van der Waals surface area contributed by atoms with E-state index in [0.29, 0.717) is 16.5 Å². The molecule has 0 atom stereocenters. The van der Waals surface area contributed by atoms with Crippen molar-refractivity contribution in [2.45, 2.75) is 19.8 Å². The van der Waals surface area contributed by atoms with E-state index in [1.165, 1.54) is 18.4 Å². The molecule has 0 bridgehead atoms. The van der Waals surface area contributed by atoms with Gasteiger partial charge in [-0.25, -0.2) is 14.8 Å². The van der Waals surface area contributed by atoms with Gasteiger partial charge in [0.15, 0.2) is 0 Å². The SMILES string of the molecule is COC(=O)c1sccc1NC(=O)C1CCN(c2nccc(C)n2)CC1. The molecule has 0 radical (unpaired) electrons. The van der Waals surface area contributed by atoms with Gasteiger partial charge in [0.1, 0.15) is 4.88 Å². The number of esters is 1. The zero-order valence-corrected chi connectivity index (χ0v) is 15.0. The van der Waals surface area contributed by atoms with Gasteiger partial charge in [0.05, 0.1) is 12.8 Å². The Kier molecular flexibility index (Phi) is 5.28. The van der Waals surface area contributed by atoms with Crippen LogP contribution in [-0.2, 0) is 9.53 Å². The molecule has 1 amide bonds. The Morgan fingerprint density at radius 3 is 2.76 bits per heavy atom. The smallest absolute Gasteiger partial charge is 0.350 e. The monoisotopic (exact) mass is 360 g/mol. The second kappa shape index (κ2) is 7.60. The van der Waals surface area contributed by atoms with E-state index < -0.39 is 5.97 Å². The minimum atomic E-state index is -0.434. The molecule has 2 aromatic rings. The number of anilines is 2. The summed E-state index contributed by atoms with van der Waals surface area (Å²) >= 11 is 1.26. The average Bonchev–Trinajstić information content (AvgIpc) is 3.09. The largest absolute Gasteiger partial charge is 0.465 e. The highest BCUT2D eigenvalue weighted by Crippen LogP contribution is 2.26. The molecule has 3 heterocycles. The molecule has 3 rings (SSSR count). The highest BCUT2D eigenvalue weighted by Gasteiger charge is 2.27. The van der Waals surface area contributed by atoms with E-state index in [1.807, 2.05) is 13.0 Å². The minimum absolute atomic E-state index is 0.0617. The first-order valence-electron chi connectivity index (χ1n) is 8.09. The maximum Gasteiger partial charge on any atom is 0.350 e. The highest BCUT2D eigenvalue weighted by atomic mass is 32.1. The van der Waals surface area contributed by atoms with Crippen LogP contribution in [0, 0.1) is 12.8 Å². The lowest BCUT2D eigenvalue weighted by atomic mass is 9.96. The van der Waals surface area contributed by atoms with Crippen LogP contribution in [0.4, 0.5) is 11.6 Å². The van der Waals surface area contributed by atoms with Crippen LogP contribution in [0.15, 0.2) is 23.7 Å². The van der Waals surface area contributed by atoms with Crippen molar-refractivity contribution in [3.05, 3.63) is 34.3 Å². The summed E-state index contributed by atoms with van der Waals surface area (Å²) in [5, 5.41) is 4.62. The van der Waals surface area contributed by atoms with E-state index in [1.54, 1.807) is 17.6 Å². The van der Waals surface area contributed by atoms with Crippen molar-refractivity contribution in [2.24, 2.45) is 5.92 Å². The molecule has 0 aliphatic carbocycles. The summed E-state index contributed by atoms with van der Waals surface area (Å²) in [7, 11) is 1.33. The zero-order chi connectivity index (χ0) is 17.8. The van der Waals surface area contributed by atoms with Gasteiger partial charge in [-0.3, -0.25) is 4.79 Å². The van der Waals surface area contributed by atoms with E-state index in [2.05, 4.69) is 20.2 Å². The number of ether oxygens (including phenoxy) is 1. The predicted octanol–water partition coefficient (Wildman–Crippen LogP) is 2.49. The number of methoxy groups -OCH3 is 1. The molecule has 132 valence electrons. The normalized spacial score (nSPS) is 15.0. The second-order valence-electron chi connectivity index (χ2n) is 5.90. The highest BCUT2D eigenvalue weighted by molar-refractivity contribution is 7.12.